The van der Waals surface area contributed by atoms with Crippen molar-refractivity contribution in [1.29, 1.82) is 0 Å². The molecule has 3 N–H and O–H groups in total. The number of hydrazine groups is 1. The van der Waals surface area contributed by atoms with Crippen LogP contribution in [-0.4, -0.2) is 16.6 Å². The summed E-state index contributed by atoms with van der Waals surface area (Å²) in [7, 11) is 0. The Morgan fingerprint density at radius 3 is 2.50 bits per heavy atom. The number of hydrogen-bond donors (Lipinski definition) is 2. The van der Waals surface area contributed by atoms with Crippen molar-refractivity contribution in [3.8, 4) is 17.0 Å². The Morgan fingerprint density at radius 2 is 1.90 bits per heavy atom. The number of nitrogens with zero attached hydrogens (tertiary/aromatic N) is 2. The van der Waals surface area contributed by atoms with Crippen LogP contribution in [0.2, 0.25) is 0 Å². The summed E-state index contributed by atoms with van der Waals surface area (Å²) in [6.07, 6.45) is 0. The minimum absolute atomic E-state index is 0.417. The Hall–Kier alpha value is -2.14. The van der Waals surface area contributed by atoms with Crippen molar-refractivity contribution in [1.82, 2.24) is 9.97 Å². The number of aromatic nitrogens is 2. The summed E-state index contributed by atoms with van der Waals surface area (Å²) in [4.78, 5) is 8.51. The Kier molecular flexibility index (Phi) is 4.53. The highest BCUT2D eigenvalue weighted by molar-refractivity contribution is 5.61. The van der Waals surface area contributed by atoms with E-state index in [1.54, 1.807) is 0 Å². The van der Waals surface area contributed by atoms with Gasteiger partial charge in [-0.2, -0.15) is 0 Å². The highest BCUT2D eigenvalue weighted by Crippen LogP contribution is 2.22. The van der Waals surface area contributed by atoms with E-state index in [0.717, 1.165) is 22.7 Å². The second-order valence-corrected chi connectivity index (χ2v) is 5.09. The molecule has 0 bridgehead atoms. The van der Waals surface area contributed by atoms with Gasteiger partial charge in [0.25, 0.3) is 0 Å². The Labute approximate surface area is 119 Å². The molecule has 0 amide bonds. The highest BCUT2D eigenvalue weighted by Gasteiger charge is 2.04. The first-order valence-electron chi connectivity index (χ1n) is 6.64. The fraction of sp³-hybridized carbons (Fsp3) is 0.333. The lowest BCUT2D eigenvalue weighted by molar-refractivity contribution is 0.271. The van der Waals surface area contributed by atoms with Crippen LogP contribution in [0.1, 0.15) is 19.5 Å². The Morgan fingerprint density at radius 1 is 1.20 bits per heavy atom. The lowest BCUT2D eigenvalue weighted by Crippen LogP contribution is -2.11. The largest absolute Gasteiger partial charge is 0.493 e. The third kappa shape index (κ3) is 3.68. The van der Waals surface area contributed by atoms with Crippen LogP contribution in [0.5, 0.6) is 5.75 Å². The summed E-state index contributed by atoms with van der Waals surface area (Å²) in [6.45, 7) is 6.87. The second-order valence-electron chi connectivity index (χ2n) is 5.09. The van der Waals surface area contributed by atoms with Gasteiger partial charge in [0, 0.05) is 11.3 Å². The molecule has 1 aromatic carbocycles. The third-order valence-corrected chi connectivity index (χ3v) is 2.72. The van der Waals surface area contributed by atoms with Crippen molar-refractivity contribution in [3.05, 3.63) is 36.0 Å². The first-order chi connectivity index (χ1) is 9.58. The first kappa shape index (κ1) is 14.3. The number of anilines is 1. The fourth-order valence-electron chi connectivity index (χ4n) is 1.77. The van der Waals surface area contributed by atoms with Crippen molar-refractivity contribution in [3.63, 3.8) is 0 Å². The molecule has 0 aliphatic heterocycles. The van der Waals surface area contributed by atoms with Crippen LogP contribution in [0.25, 0.3) is 11.3 Å². The standard InChI is InChI=1S/C15H20N4O/c1-10(2)9-20-13-6-4-12(5-7-13)14-8-11(3)17-15(18-14)19-16/h4-8,10H,9,16H2,1-3H3,(H,17,18,19). The molecule has 0 fully saturated rings. The molecule has 0 spiro atoms. The minimum atomic E-state index is 0.417. The van der Waals surface area contributed by atoms with Gasteiger partial charge in [0.05, 0.1) is 12.3 Å². The van der Waals surface area contributed by atoms with Crippen LogP contribution in [0.4, 0.5) is 5.95 Å². The Bertz CT molecular complexity index is 567. The maximum absolute atomic E-state index is 5.66. The van der Waals surface area contributed by atoms with Crippen LogP contribution in [-0.2, 0) is 0 Å². The van der Waals surface area contributed by atoms with E-state index >= 15 is 0 Å². The highest BCUT2D eigenvalue weighted by atomic mass is 16.5. The summed E-state index contributed by atoms with van der Waals surface area (Å²) in [6, 6.07) is 9.79. The van der Waals surface area contributed by atoms with Crippen LogP contribution < -0.4 is 16.0 Å². The number of benzene rings is 1. The quantitative estimate of drug-likeness (QED) is 0.646. The van der Waals surface area contributed by atoms with Gasteiger partial charge in [-0.1, -0.05) is 13.8 Å². The van der Waals surface area contributed by atoms with E-state index in [-0.39, 0.29) is 0 Å². The molecule has 2 aromatic rings. The molecule has 0 radical (unpaired) electrons. The Balaban J connectivity index is 2.19. The molecule has 106 valence electrons. The van der Waals surface area contributed by atoms with Crippen molar-refractivity contribution >= 4 is 5.95 Å². The van der Waals surface area contributed by atoms with Crippen molar-refractivity contribution in [2.45, 2.75) is 20.8 Å². The first-order valence-corrected chi connectivity index (χ1v) is 6.64. The van der Waals surface area contributed by atoms with Crippen molar-refractivity contribution in [2.24, 2.45) is 11.8 Å². The van der Waals surface area contributed by atoms with Gasteiger partial charge < -0.3 is 4.74 Å². The van der Waals surface area contributed by atoms with Gasteiger partial charge >= 0.3 is 0 Å². The molecule has 0 saturated carbocycles. The number of rotatable bonds is 5. The normalized spacial score (nSPS) is 10.7. The average molecular weight is 272 g/mol. The number of nitrogens with two attached hydrogens (primary N) is 1. The van der Waals surface area contributed by atoms with Crippen LogP contribution >= 0.6 is 0 Å². The zero-order valence-corrected chi connectivity index (χ0v) is 12.1. The fourth-order valence-corrected chi connectivity index (χ4v) is 1.77. The van der Waals surface area contributed by atoms with Crippen LogP contribution in [0.15, 0.2) is 30.3 Å². The van der Waals surface area contributed by atoms with Crippen molar-refractivity contribution < 1.29 is 4.74 Å². The van der Waals surface area contributed by atoms with Gasteiger partial charge in [-0.25, -0.2) is 15.8 Å². The molecular weight excluding hydrogens is 252 g/mol. The summed E-state index contributed by atoms with van der Waals surface area (Å²) in [5.74, 6) is 7.16. The topological polar surface area (TPSA) is 73.1 Å². The zero-order valence-electron chi connectivity index (χ0n) is 12.1. The van der Waals surface area contributed by atoms with Crippen LogP contribution in [0, 0.1) is 12.8 Å². The maximum Gasteiger partial charge on any atom is 0.237 e. The van der Waals surface area contributed by atoms with E-state index in [1.165, 1.54) is 0 Å². The van der Waals surface area contributed by atoms with E-state index in [4.69, 9.17) is 10.6 Å². The monoisotopic (exact) mass is 272 g/mol. The molecule has 5 heteroatoms. The molecule has 20 heavy (non-hydrogen) atoms. The number of nitrogen functional groups attached to an aromatic ring is 1. The van der Waals surface area contributed by atoms with Crippen LogP contribution in [0.3, 0.4) is 0 Å². The van der Waals surface area contributed by atoms with Gasteiger partial charge in [-0.15, -0.1) is 0 Å². The van der Waals surface area contributed by atoms with Gasteiger partial charge in [-0.3, -0.25) is 5.43 Å². The molecule has 0 aliphatic carbocycles. The maximum atomic E-state index is 5.66. The minimum Gasteiger partial charge on any atom is -0.493 e. The molecule has 1 heterocycles. The third-order valence-electron chi connectivity index (χ3n) is 2.72. The molecule has 2 rings (SSSR count). The van der Waals surface area contributed by atoms with Gasteiger partial charge in [-0.05, 0) is 43.2 Å². The van der Waals surface area contributed by atoms with E-state index in [1.807, 2.05) is 37.3 Å². The predicted molar refractivity (Wildman–Crippen MR) is 80.3 cm³/mol. The average Bonchev–Trinajstić information content (AvgIpc) is 2.45. The molecule has 0 saturated heterocycles. The molecule has 1 aromatic heterocycles. The van der Waals surface area contributed by atoms with E-state index in [0.29, 0.717) is 18.5 Å². The number of nitrogens with one attached hydrogen (secondary N) is 1. The van der Waals surface area contributed by atoms with Gasteiger partial charge in [0.1, 0.15) is 5.75 Å². The predicted octanol–water partition coefficient (Wildman–Crippen LogP) is 2.77. The van der Waals surface area contributed by atoms with Gasteiger partial charge in [0.15, 0.2) is 0 Å². The zero-order chi connectivity index (χ0) is 14.5. The molecule has 0 aliphatic rings. The molecule has 0 atom stereocenters. The SMILES string of the molecule is Cc1cc(-c2ccc(OCC(C)C)cc2)nc(NN)n1. The summed E-state index contributed by atoms with van der Waals surface area (Å²) >= 11 is 0. The molecular formula is C15H20N4O. The number of ether oxygens (including phenoxy) is 1. The van der Waals surface area contributed by atoms with E-state index in [9.17, 15) is 0 Å². The summed E-state index contributed by atoms with van der Waals surface area (Å²) < 4.78 is 5.66. The molecule has 5 nitrogen and oxygen atoms in total. The lowest BCUT2D eigenvalue weighted by atomic mass is 10.1. The summed E-state index contributed by atoms with van der Waals surface area (Å²) in [5, 5.41) is 0. The molecule has 0 unspecified atom stereocenters. The smallest absolute Gasteiger partial charge is 0.237 e. The summed E-state index contributed by atoms with van der Waals surface area (Å²) in [5.41, 5.74) is 5.18. The van der Waals surface area contributed by atoms with E-state index < -0.39 is 0 Å². The second kappa shape index (κ2) is 6.34. The van der Waals surface area contributed by atoms with Gasteiger partial charge in [0.2, 0.25) is 5.95 Å². The lowest BCUT2D eigenvalue weighted by Gasteiger charge is -2.09. The van der Waals surface area contributed by atoms with Crippen molar-refractivity contribution in [2.75, 3.05) is 12.0 Å². The number of hydrogen-bond acceptors (Lipinski definition) is 5. The number of aryl methyl sites for hydroxylation is 1. The van der Waals surface area contributed by atoms with E-state index in [2.05, 4.69) is 29.2 Å².